The van der Waals surface area contributed by atoms with Crippen molar-refractivity contribution in [3.8, 4) is 0 Å². The molecule has 0 amide bonds. The van der Waals surface area contributed by atoms with Gasteiger partial charge in [-0.25, -0.2) is 9.48 Å². The lowest BCUT2D eigenvalue weighted by atomic mass is 9.76. The Kier molecular flexibility index (Phi) is 5.24. The number of allylic oxidation sites excluding steroid dienone is 1. The molecule has 2 aromatic rings. The van der Waals surface area contributed by atoms with Gasteiger partial charge in [-0.1, -0.05) is 29.8 Å². The lowest BCUT2D eigenvalue weighted by Gasteiger charge is -2.29. The van der Waals surface area contributed by atoms with Crippen LogP contribution in [-0.2, 0) is 14.9 Å². The predicted octanol–water partition coefficient (Wildman–Crippen LogP) is 4.79. The second-order valence-corrected chi connectivity index (χ2v) is 8.79. The molecule has 148 valence electrons. The third kappa shape index (κ3) is 3.90. The zero-order valence-corrected chi connectivity index (χ0v) is 17.6. The molecule has 3 rings (SSSR count). The van der Waals surface area contributed by atoms with E-state index in [-0.39, 0.29) is 12.3 Å². The first-order valence-electron chi connectivity index (χ1n) is 9.28. The fourth-order valence-corrected chi connectivity index (χ4v) is 3.79. The second kappa shape index (κ2) is 7.21. The Morgan fingerprint density at radius 3 is 2.50 bits per heavy atom. The third-order valence-electron chi connectivity index (χ3n) is 4.84. The Balaban J connectivity index is 2.02. The lowest BCUT2D eigenvalue weighted by Crippen LogP contribution is -2.39. The van der Waals surface area contributed by atoms with Gasteiger partial charge in [-0.15, -0.1) is 0 Å². The molecular weight excluding hydrogens is 376 g/mol. The largest absolute Gasteiger partial charge is 0.457 e. The third-order valence-corrected chi connectivity index (χ3v) is 5.07. The number of benzene rings is 1. The molecule has 1 atom stereocenters. The molecule has 0 saturated carbocycles. The highest BCUT2D eigenvalue weighted by Gasteiger charge is 2.47. The molecule has 0 spiro atoms. The number of aryl methyl sites for hydroxylation is 2. The zero-order chi connectivity index (χ0) is 20.7. The van der Waals surface area contributed by atoms with Crippen molar-refractivity contribution >= 4 is 23.5 Å². The minimum Gasteiger partial charge on any atom is -0.457 e. The standard InChI is InChI=1S/C22H25ClN2O3/c1-14-11-15(2)25(24-14)20(27)22(17-7-6-8-18(23)12-17)10-9-16(13-22)19(26)28-21(3,4)5/h6-9,11-12H,10,13H2,1-5H3/t22-/m0/s1. The van der Waals surface area contributed by atoms with Gasteiger partial charge in [-0.2, -0.15) is 5.10 Å². The van der Waals surface area contributed by atoms with Gasteiger partial charge >= 0.3 is 5.97 Å². The van der Waals surface area contributed by atoms with Crippen molar-refractivity contribution in [2.45, 2.75) is 58.5 Å². The maximum atomic E-state index is 13.6. The van der Waals surface area contributed by atoms with Crippen LogP contribution in [-0.4, -0.2) is 27.3 Å². The monoisotopic (exact) mass is 400 g/mol. The van der Waals surface area contributed by atoms with E-state index in [0.29, 0.717) is 17.0 Å². The van der Waals surface area contributed by atoms with Crippen molar-refractivity contribution in [3.05, 3.63) is 64.0 Å². The van der Waals surface area contributed by atoms with E-state index in [1.807, 2.05) is 52.8 Å². The molecule has 1 heterocycles. The molecule has 0 fully saturated rings. The van der Waals surface area contributed by atoms with Crippen LogP contribution in [0.25, 0.3) is 0 Å². The summed E-state index contributed by atoms with van der Waals surface area (Å²) in [7, 11) is 0. The molecule has 28 heavy (non-hydrogen) atoms. The Labute approximate surface area is 170 Å². The number of hydrogen-bond donors (Lipinski definition) is 0. The van der Waals surface area contributed by atoms with E-state index in [2.05, 4.69) is 5.10 Å². The zero-order valence-electron chi connectivity index (χ0n) is 16.9. The lowest BCUT2D eigenvalue weighted by molar-refractivity contribution is -0.150. The van der Waals surface area contributed by atoms with E-state index < -0.39 is 17.0 Å². The topological polar surface area (TPSA) is 61.2 Å². The molecule has 1 aliphatic rings. The molecule has 0 aliphatic heterocycles. The van der Waals surface area contributed by atoms with Gasteiger partial charge in [0.25, 0.3) is 5.91 Å². The van der Waals surface area contributed by atoms with Gasteiger partial charge in [0.1, 0.15) is 5.60 Å². The summed E-state index contributed by atoms with van der Waals surface area (Å²) in [6.07, 6.45) is 2.44. The van der Waals surface area contributed by atoms with Crippen LogP contribution < -0.4 is 0 Å². The van der Waals surface area contributed by atoms with Crippen LogP contribution in [0, 0.1) is 13.8 Å². The molecule has 6 heteroatoms. The van der Waals surface area contributed by atoms with Gasteiger partial charge < -0.3 is 4.74 Å². The smallest absolute Gasteiger partial charge is 0.334 e. The molecule has 0 saturated heterocycles. The van der Waals surface area contributed by atoms with Gasteiger partial charge in [0.05, 0.1) is 11.1 Å². The summed E-state index contributed by atoms with van der Waals surface area (Å²) >= 11 is 6.22. The van der Waals surface area contributed by atoms with E-state index in [0.717, 1.165) is 17.0 Å². The van der Waals surface area contributed by atoms with Crippen LogP contribution in [0.3, 0.4) is 0 Å². The number of nitrogens with zero attached hydrogens (tertiary/aromatic N) is 2. The van der Waals surface area contributed by atoms with Crippen LogP contribution in [0.15, 0.2) is 42.0 Å². The molecule has 1 aromatic heterocycles. The molecule has 0 unspecified atom stereocenters. The first-order valence-corrected chi connectivity index (χ1v) is 9.66. The van der Waals surface area contributed by atoms with Crippen LogP contribution in [0.4, 0.5) is 0 Å². The number of halogens is 1. The first-order chi connectivity index (χ1) is 13.0. The average molecular weight is 401 g/mol. The quantitative estimate of drug-likeness (QED) is 0.694. The van der Waals surface area contributed by atoms with Gasteiger partial charge in [0, 0.05) is 16.3 Å². The number of carbonyl (C=O) groups is 2. The average Bonchev–Trinajstić information content (AvgIpc) is 3.17. The molecule has 1 aromatic carbocycles. The summed E-state index contributed by atoms with van der Waals surface area (Å²) in [6, 6.07) is 9.11. The van der Waals surface area contributed by atoms with E-state index >= 15 is 0 Å². The number of rotatable bonds is 3. The highest BCUT2D eigenvalue weighted by atomic mass is 35.5. The number of carbonyl (C=O) groups excluding carboxylic acids is 2. The summed E-state index contributed by atoms with van der Waals surface area (Å²) in [5.41, 5.74) is 1.26. The van der Waals surface area contributed by atoms with Crippen molar-refractivity contribution in [2.75, 3.05) is 0 Å². The van der Waals surface area contributed by atoms with Gasteiger partial charge in [-0.05, 0) is 71.2 Å². The maximum absolute atomic E-state index is 13.6. The normalized spacial score (nSPS) is 19.4. The highest BCUT2D eigenvalue weighted by Crippen LogP contribution is 2.43. The number of ether oxygens (including phenoxy) is 1. The number of hydrogen-bond acceptors (Lipinski definition) is 4. The number of esters is 1. The van der Waals surface area contributed by atoms with Gasteiger partial charge in [0.2, 0.25) is 0 Å². The van der Waals surface area contributed by atoms with Gasteiger partial charge in [0.15, 0.2) is 0 Å². The van der Waals surface area contributed by atoms with E-state index in [1.165, 1.54) is 4.68 Å². The Hall–Kier alpha value is -2.40. The van der Waals surface area contributed by atoms with Crippen LogP contribution >= 0.6 is 11.6 Å². The summed E-state index contributed by atoms with van der Waals surface area (Å²) in [6.45, 7) is 9.17. The Morgan fingerprint density at radius 1 is 1.21 bits per heavy atom. The molecule has 5 nitrogen and oxygen atoms in total. The van der Waals surface area contributed by atoms with Crippen molar-refractivity contribution in [2.24, 2.45) is 0 Å². The Bertz CT molecular complexity index is 968. The van der Waals surface area contributed by atoms with Crippen molar-refractivity contribution in [1.29, 1.82) is 0 Å². The van der Waals surface area contributed by atoms with E-state index in [4.69, 9.17) is 16.3 Å². The maximum Gasteiger partial charge on any atom is 0.334 e. The van der Waals surface area contributed by atoms with Crippen molar-refractivity contribution < 1.29 is 14.3 Å². The molecule has 1 aliphatic carbocycles. The SMILES string of the molecule is Cc1cc(C)n(C(=O)[C@@]2(c3cccc(Cl)c3)CC=C(C(=O)OC(C)(C)C)C2)n1. The summed E-state index contributed by atoms with van der Waals surface area (Å²) < 4.78 is 6.95. The fourth-order valence-electron chi connectivity index (χ4n) is 3.60. The van der Waals surface area contributed by atoms with E-state index in [1.54, 1.807) is 18.2 Å². The summed E-state index contributed by atoms with van der Waals surface area (Å²) in [5.74, 6) is -0.562. The van der Waals surface area contributed by atoms with E-state index in [9.17, 15) is 9.59 Å². The molecular formula is C22H25ClN2O3. The fraction of sp³-hybridized carbons (Fsp3) is 0.409. The van der Waals surface area contributed by atoms with Crippen LogP contribution in [0.2, 0.25) is 5.02 Å². The molecule has 0 radical (unpaired) electrons. The first kappa shape index (κ1) is 20.3. The summed E-state index contributed by atoms with van der Waals surface area (Å²) in [5, 5.41) is 4.92. The minimum atomic E-state index is -0.944. The predicted molar refractivity (Wildman–Crippen MR) is 109 cm³/mol. The molecule has 0 N–H and O–H groups in total. The van der Waals surface area contributed by atoms with Crippen LogP contribution in [0.1, 0.15) is 55.4 Å². The highest BCUT2D eigenvalue weighted by molar-refractivity contribution is 6.30. The van der Waals surface area contributed by atoms with Crippen molar-refractivity contribution in [3.63, 3.8) is 0 Å². The van der Waals surface area contributed by atoms with Gasteiger partial charge in [-0.3, -0.25) is 4.79 Å². The molecule has 0 bridgehead atoms. The van der Waals surface area contributed by atoms with Crippen LogP contribution in [0.5, 0.6) is 0 Å². The second-order valence-electron chi connectivity index (χ2n) is 8.35. The summed E-state index contributed by atoms with van der Waals surface area (Å²) in [4.78, 5) is 26.3. The van der Waals surface area contributed by atoms with Crippen molar-refractivity contribution in [1.82, 2.24) is 9.78 Å². The Morgan fingerprint density at radius 2 is 1.93 bits per heavy atom. The minimum absolute atomic E-state index is 0.171. The number of aromatic nitrogens is 2.